The van der Waals surface area contributed by atoms with Crippen molar-refractivity contribution in [1.82, 2.24) is 9.97 Å². The summed E-state index contributed by atoms with van der Waals surface area (Å²) in [7, 11) is 0. The van der Waals surface area contributed by atoms with Gasteiger partial charge in [0.15, 0.2) is 0 Å². The lowest BCUT2D eigenvalue weighted by molar-refractivity contribution is 0.110. The molecular weight excluding hydrogens is 238 g/mol. The summed E-state index contributed by atoms with van der Waals surface area (Å²) >= 11 is 0. The Morgan fingerprint density at radius 3 is 2.89 bits per heavy atom. The van der Waals surface area contributed by atoms with Crippen molar-refractivity contribution in [3.8, 4) is 0 Å². The van der Waals surface area contributed by atoms with E-state index in [1.807, 2.05) is 0 Å². The minimum Gasteiger partial charge on any atom is -0.378 e. The summed E-state index contributed by atoms with van der Waals surface area (Å²) in [6.45, 7) is 3.94. The Kier molecular flexibility index (Phi) is 3.97. The van der Waals surface area contributed by atoms with Gasteiger partial charge in [-0.3, -0.25) is 0 Å². The topological polar surface area (TPSA) is 47.0 Å². The number of rotatable bonds is 4. The van der Waals surface area contributed by atoms with Gasteiger partial charge in [-0.1, -0.05) is 0 Å². The molecule has 1 atom stereocenters. The van der Waals surface area contributed by atoms with Crippen molar-refractivity contribution >= 4 is 5.82 Å². The Balaban J connectivity index is 1.85. The molecule has 0 spiro atoms. The second-order valence-electron chi connectivity index (χ2n) is 5.49. The predicted octanol–water partition coefficient (Wildman–Crippen LogP) is 2.51. The third-order valence-corrected chi connectivity index (χ3v) is 4.01. The molecule has 1 unspecified atom stereocenters. The van der Waals surface area contributed by atoms with E-state index in [-0.39, 0.29) is 0 Å². The first-order valence-electron chi connectivity index (χ1n) is 7.61. The number of nitrogens with zero attached hydrogens (tertiary/aromatic N) is 2. The van der Waals surface area contributed by atoms with Gasteiger partial charge in [-0.2, -0.15) is 0 Å². The van der Waals surface area contributed by atoms with Crippen LogP contribution in [0.3, 0.4) is 0 Å². The molecule has 1 fully saturated rings. The Morgan fingerprint density at radius 2 is 2.11 bits per heavy atom. The van der Waals surface area contributed by atoms with E-state index in [9.17, 15) is 0 Å². The summed E-state index contributed by atoms with van der Waals surface area (Å²) in [5.74, 6) is 2.03. The average molecular weight is 261 g/mol. The fourth-order valence-corrected chi connectivity index (χ4v) is 3.06. The molecule has 4 heteroatoms. The Hall–Kier alpha value is -1.16. The Morgan fingerprint density at radius 1 is 1.21 bits per heavy atom. The molecule has 4 nitrogen and oxygen atoms in total. The highest BCUT2D eigenvalue weighted by Gasteiger charge is 2.21. The van der Waals surface area contributed by atoms with E-state index in [4.69, 9.17) is 14.7 Å². The fraction of sp³-hybridized carbons (Fsp3) is 0.733. The molecule has 0 bridgehead atoms. The van der Waals surface area contributed by atoms with Crippen molar-refractivity contribution in [2.75, 3.05) is 18.5 Å². The number of aryl methyl sites for hydroxylation is 1. The standard InChI is InChI=1S/C15H23N3O/c1-2-16-15-12-7-3-4-8-13(12)17-14(18-15)10-11-6-5-9-19-11/h11H,2-10H2,1H3,(H,16,17,18). The van der Waals surface area contributed by atoms with E-state index in [0.29, 0.717) is 6.10 Å². The average Bonchev–Trinajstić information content (AvgIpc) is 2.92. The van der Waals surface area contributed by atoms with Crippen LogP contribution in [0.2, 0.25) is 0 Å². The van der Waals surface area contributed by atoms with Crippen LogP contribution in [0.15, 0.2) is 0 Å². The lowest BCUT2D eigenvalue weighted by atomic mass is 9.96. The molecule has 2 aliphatic rings. The van der Waals surface area contributed by atoms with Crippen LogP contribution in [0.4, 0.5) is 5.82 Å². The normalized spacial score (nSPS) is 22.3. The van der Waals surface area contributed by atoms with Gasteiger partial charge in [0.25, 0.3) is 0 Å². The monoisotopic (exact) mass is 261 g/mol. The van der Waals surface area contributed by atoms with Gasteiger partial charge < -0.3 is 10.1 Å². The zero-order valence-corrected chi connectivity index (χ0v) is 11.7. The molecule has 3 rings (SSSR count). The van der Waals surface area contributed by atoms with Crippen molar-refractivity contribution in [2.45, 2.75) is 58.0 Å². The van der Waals surface area contributed by atoms with Gasteiger partial charge >= 0.3 is 0 Å². The first kappa shape index (κ1) is 12.9. The van der Waals surface area contributed by atoms with E-state index >= 15 is 0 Å². The molecule has 1 aromatic heterocycles. The second kappa shape index (κ2) is 5.87. The molecule has 104 valence electrons. The van der Waals surface area contributed by atoms with Crippen LogP contribution in [0, 0.1) is 0 Å². The van der Waals surface area contributed by atoms with Crippen LogP contribution in [0.1, 0.15) is 49.7 Å². The van der Waals surface area contributed by atoms with Gasteiger partial charge in [0, 0.05) is 30.8 Å². The van der Waals surface area contributed by atoms with Crippen molar-refractivity contribution in [1.29, 1.82) is 0 Å². The third kappa shape index (κ3) is 2.89. The number of hydrogen-bond acceptors (Lipinski definition) is 4. The van der Waals surface area contributed by atoms with E-state index in [0.717, 1.165) is 50.5 Å². The predicted molar refractivity (Wildman–Crippen MR) is 75.5 cm³/mol. The molecule has 1 aromatic rings. The smallest absolute Gasteiger partial charge is 0.133 e. The Labute approximate surface area is 115 Å². The molecular formula is C15H23N3O. The maximum Gasteiger partial charge on any atom is 0.133 e. The number of nitrogens with one attached hydrogen (secondary N) is 1. The van der Waals surface area contributed by atoms with Gasteiger partial charge in [0.1, 0.15) is 11.6 Å². The zero-order valence-electron chi connectivity index (χ0n) is 11.7. The van der Waals surface area contributed by atoms with Crippen LogP contribution in [-0.2, 0) is 24.0 Å². The molecule has 0 amide bonds. The molecule has 0 saturated carbocycles. The van der Waals surface area contributed by atoms with Gasteiger partial charge in [0.2, 0.25) is 0 Å². The largest absolute Gasteiger partial charge is 0.378 e. The lowest BCUT2D eigenvalue weighted by Crippen LogP contribution is -2.18. The molecule has 0 aromatic carbocycles. The minimum absolute atomic E-state index is 0.330. The highest BCUT2D eigenvalue weighted by atomic mass is 16.5. The molecule has 1 N–H and O–H groups in total. The van der Waals surface area contributed by atoms with E-state index in [1.165, 1.54) is 30.5 Å². The van der Waals surface area contributed by atoms with Crippen LogP contribution in [-0.4, -0.2) is 29.2 Å². The number of ether oxygens (including phenoxy) is 1. The van der Waals surface area contributed by atoms with Crippen molar-refractivity contribution in [3.63, 3.8) is 0 Å². The Bertz CT molecular complexity index is 441. The van der Waals surface area contributed by atoms with Crippen LogP contribution in [0.5, 0.6) is 0 Å². The van der Waals surface area contributed by atoms with Gasteiger partial charge in [0.05, 0.1) is 6.10 Å². The number of aromatic nitrogens is 2. The number of hydrogen-bond donors (Lipinski definition) is 1. The molecule has 0 radical (unpaired) electrons. The lowest BCUT2D eigenvalue weighted by Gasteiger charge is -2.20. The number of fused-ring (bicyclic) bond motifs is 1. The molecule has 19 heavy (non-hydrogen) atoms. The van der Waals surface area contributed by atoms with Gasteiger partial charge in [-0.15, -0.1) is 0 Å². The maximum atomic E-state index is 5.70. The SMILES string of the molecule is CCNc1nc(CC2CCCO2)nc2c1CCCC2. The zero-order chi connectivity index (χ0) is 13.1. The van der Waals surface area contributed by atoms with E-state index in [1.54, 1.807) is 0 Å². The first-order valence-corrected chi connectivity index (χ1v) is 7.61. The summed E-state index contributed by atoms with van der Waals surface area (Å²) in [6.07, 6.45) is 8.27. The second-order valence-corrected chi connectivity index (χ2v) is 5.49. The number of anilines is 1. The summed E-state index contributed by atoms with van der Waals surface area (Å²) < 4.78 is 5.70. The van der Waals surface area contributed by atoms with Gasteiger partial charge in [-0.25, -0.2) is 9.97 Å². The van der Waals surface area contributed by atoms with Crippen molar-refractivity contribution in [2.24, 2.45) is 0 Å². The molecule has 2 heterocycles. The minimum atomic E-state index is 0.330. The molecule has 1 aliphatic carbocycles. The van der Waals surface area contributed by atoms with Crippen molar-refractivity contribution in [3.05, 3.63) is 17.1 Å². The van der Waals surface area contributed by atoms with E-state index < -0.39 is 0 Å². The van der Waals surface area contributed by atoms with Gasteiger partial charge in [-0.05, 0) is 45.4 Å². The van der Waals surface area contributed by atoms with Crippen LogP contribution < -0.4 is 5.32 Å². The van der Waals surface area contributed by atoms with Crippen LogP contribution >= 0.6 is 0 Å². The summed E-state index contributed by atoms with van der Waals surface area (Å²) in [4.78, 5) is 9.53. The van der Waals surface area contributed by atoms with Crippen LogP contribution in [0.25, 0.3) is 0 Å². The highest BCUT2D eigenvalue weighted by Crippen LogP contribution is 2.26. The third-order valence-electron chi connectivity index (χ3n) is 4.01. The first-order chi connectivity index (χ1) is 9.36. The van der Waals surface area contributed by atoms with E-state index in [2.05, 4.69) is 12.2 Å². The molecule has 1 saturated heterocycles. The maximum absolute atomic E-state index is 5.70. The van der Waals surface area contributed by atoms with Crippen molar-refractivity contribution < 1.29 is 4.74 Å². The summed E-state index contributed by atoms with van der Waals surface area (Å²) in [6, 6.07) is 0. The summed E-state index contributed by atoms with van der Waals surface area (Å²) in [5.41, 5.74) is 2.62. The quantitative estimate of drug-likeness (QED) is 0.904. The molecule has 1 aliphatic heterocycles. The fourth-order valence-electron chi connectivity index (χ4n) is 3.06. The highest BCUT2D eigenvalue weighted by molar-refractivity contribution is 5.47. The summed E-state index contributed by atoms with van der Waals surface area (Å²) in [5, 5.41) is 3.41.